The summed E-state index contributed by atoms with van der Waals surface area (Å²) >= 11 is 0. The number of aromatic nitrogens is 2. The van der Waals surface area contributed by atoms with Gasteiger partial charge in [-0.25, -0.2) is 9.69 Å². The van der Waals surface area contributed by atoms with Gasteiger partial charge < -0.3 is 4.90 Å². The van der Waals surface area contributed by atoms with Gasteiger partial charge >= 0.3 is 6.03 Å². The summed E-state index contributed by atoms with van der Waals surface area (Å²) in [6.45, 7) is 3.96. The molecule has 3 amide bonds. The van der Waals surface area contributed by atoms with Crippen LogP contribution >= 0.6 is 0 Å². The fraction of sp³-hybridized carbons (Fsp3) is 0.583. The zero-order valence-corrected chi connectivity index (χ0v) is 10.9. The number of aromatic amines is 1. The highest BCUT2D eigenvalue weighted by Gasteiger charge is 2.42. The normalized spacial score (nSPS) is 24.8. The van der Waals surface area contributed by atoms with Gasteiger partial charge in [-0.15, -0.1) is 0 Å². The summed E-state index contributed by atoms with van der Waals surface area (Å²) in [4.78, 5) is 27.4. The topological polar surface area (TPSA) is 69.3 Å². The molecular weight excluding hydrogens is 232 g/mol. The molecule has 0 saturated carbocycles. The zero-order chi connectivity index (χ0) is 13.3. The summed E-state index contributed by atoms with van der Waals surface area (Å²) in [5, 5.41) is 6.42. The maximum atomic E-state index is 12.4. The van der Waals surface area contributed by atoms with Gasteiger partial charge in [-0.1, -0.05) is 13.3 Å². The van der Waals surface area contributed by atoms with E-state index in [2.05, 4.69) is 10.2 Å². The number of amides is 3. The third-order valence-corrected chi connectivity index (χ3v) is 3.57. The van der Waals surface area contributed by atoms with Crippen LogP contribution in [0.3, 0.4) is 0 Å². The molecule has 0 spiro atoms. The van der Waals surface area contributed by atoms with Crippen LogP contribution in [0, 0.1) is 5.92 Å². The SMILES string of the molecule is CCCC1C(=O)N(c2cn[nH]c2)C(=O)N(C)C1C. The van der Waals surface area contributed by atoms with Crippen LogP contribution < -0.4 is 4.90 Å². The average molecular weight is 250 g/mol. The Morgan fingerprint density at radius 3 is 2.72 bits per heavy atom. The number of nitrogens with one attached hydrogen (secondary N) is 1. The van der Waals surface area contributed by atoms with E-state index in [0.717, 1.165) is 12.8 Å². The maximum Gasteiger partial charge on any atom is 0.331 e. The number of hydrogen-bond donors (Lipinski definition) is 1. The van der Waals surface area contributed by atoms with Crippen molar-refractivity contribution in [2.24, 2.45) is 5.92 Å². The summed E-state index contributed by atoms with van der Waals surface area (Å²) in [5.74, 6) is -0.276. The Labute approximate surface area is 106 Å². The van der Waals surface area contributed by atoms with Crippen molar-refractivity contribution in [2.45, 2.75) is 32.7 Å². The largest absolute Gasteiger partial charge is 0.331 e. The van der Waals surface area contributed by atoms with E-state index < -0.39 is 0 Å². The smallest absolute Gasteiger partial charge is 0.324 e. The van der Waals surface area contributed by atoms with E-state index in [1.807, 2.05) is 13.8 Å². The molecule has 1 aliphatic rings. The number of hydrogen-bond acceptors (Lipinski definition) is 3. The van der Waals surface area contributed by atoms with E-state index in [1.54, 1.807) is 18.1 Å². The predicted molar refractivity (Wildman–Crippen MR) is 67.1 cm³/mol. The number of urea groups is 1. The lowest BCUT2D eigenvalue weighted by Crippen LogP contribution is -2.59. The van der Waals surface area contributed by atoms with E-state index in [0.29, 0.717) is 5.69 Å². The Kier molecular flexibility index (Phi) is 3.36. The molecule has 1 N–H and O–H groups in total. The molecule has 2 atom stereocenters. The molecule has 98 valence electrons. The molecule has 0 bridgehead atoms. The molecule has 1 fully saturated rings. The molecule has 0 radical (unpaired) electrons. The molecule has 18 heavy (non-hydrogen) atoms. The first kappa shape index (κ1) is 12.6. The fourth-order valence-corrected chi connectivity index (χ4v) is 2.35. The van der Waals surface area contributed by atoms with Crippen LogP contribution in [0.15, 0.2) is 12.4 Å². The van der Waals surface area contributed by atoms with E-state index in [-0.39, 0.29) is 23.9 Å². The highest BCUT2D eigenvalue weighted by atomic mass is 16.2. The first-order valence-corrected chi connectivity index (χ1v) is 6.17. The number of carbonyl (C=O) groups excluding carboxylic acids is 2. The lowest BCUT2D eigenvalue weighted by molar-refractivity contribution is -0.125. The molecule has 1 saturated heterocycles. The third-order valence-electron chi connectivity index (χ3n) is 3.57. The Morgan fingerprint density at radius 1 is 1.44 bits per heavy atom. The van der Waals surface area contributed by atoms with Gasteiger partial charge in [-0.3, -0.25) is 9.89 Å². The second-order valence-electron chi connectivity index (χ2n) is 4.66. The van der Waals surface area contributed by atoms with Gasteiger partial charge in [-0.05, 0) is 13.3 Å². The number of imide groups is 1. The molecule has 0 aliphatic carbocycles. The molecule has 6 nitrogen and oxygen atoms in total. The van der Waals surface area contributed by atoms with Gasteiger partial charge in [0.05, 0.1) is 17.8 Å². The second-order valence-corrected chi connectivity index (χ2v) is 4.66. The quantitative estimate of drug-likeness (QED) is 0.886. The van der Waals surface area contributed by atoms with E-state index in [4.69, 9.17) is 0 Å². The van der Waals surface area contributed by atoms with E-state index in [9.17, 15) is 9.59 Å². The Hall–Kier alpha value is -1.85. The maximum absolute atomic E-state index is 12.4. The summed E-state index contributed by atoms with van der Waals surface area (Å²) in [5.41, 5.74) is 0.504. The van der Waals surface area contributed by atoms with Gasteiger partial charge in [0.25, 0.3) is 0 Å². The van der Waals surface area contributed by atoms with Crippen LogP contribution in [0.1, 0.15) is 26.7 Å². The standard InChI is InChI=1S/C12H18N4O2/c1-4-5-10-8(2)15(3)12(18)16(11(10)17)9-6-13-14-7-9/h6-8,10H,4-5H2,1-3H3,(H,13,14). The van der Waals surface area contributed by atoms with Crippen LogP contribution in [-0.2, 0) is 4.79 Å². The van der Waals surface area contributed by atoms with Crippen LogP contribution in [-0.4, -0.2) is 40.1 Å². The fourth-order valence-electron chi connectivity index (χ4n) is 2.35. The van der Waals surface area contributed by atoms with Crippen molar-refractivity contribution >= 4 is 17.6 Å². The highest BCUT2D eigenvalue weighted by molar-refractivity contribution is 6.16. The monoisotopic (exact) mass is 250 g/mol. The number of carbonyl (C=O) groups is 2. The van der Waals surface area contributed by atoms with Crippen LogP contribution in [0.2, 0.25) is 0 Å². The minimum Gasteiger partial charge on any atom is -0.324 e. The van der Waals surface area contributed by atoms with Gasteiger partial charge in [0.1, 0.15) is 0 Å². The van der Waals surface area contributed by atoms with Crippen LogP contribution in [0.5, 0.6) is 0 Å². The summed E-state index contributed by atoms with van der Waals surface area (Å²) in [7, 11) is 1.73. The first-order chi connectivity index (χ1) is 8.57. The summed E-state index contributed by atoms with van der Waals surface area (Å²) in [6.07, 6.45) is 4.75. The molecule has 2 unspecified atom stereocenters. The van der Waals surface area contributed by atoms with E-state index in [1.165, 1.54) is 11.1 Å². The number of rotatable bonds is 3. The molecule has 1 aromatic heterocycles. The Bertz CT molecular complexity index is 443. The van der Waals surface area contributed by atoms with Crippen LogP contribution in [0.25, 0.3) is 0 Å². The van der Waals surface area contributed by atoms with Gasteiger partial charge in [-0.2, -0.15) is 5.10 Å². The summed E-state index contributed by atoms with van der Waals surface area (Å²) in [6, 6.07) is -0.352. The predicted octanol–water partition coefficient (Wildman–Crippen LogP) is 1.61. The first-order valence-electron chi connectivity index (χ1n) is 6.17. The minimum absolute atomic E-state index is 0.0619. The van der Waals surface area contributed by atoms with Crippen molar-refractivity contribution in [1.82, 2.24) is 15.1 Å². The molecule has 2 heterocycles. The van der Waals surface area contributed by atoms with E-state index >= 15 is 0 Å². The molecule has 6 heteroatoms. The minimum atomic E-state index is -0.291. The third kappa shape index (κ3) is 1.87. The Balaban J connectivity index is 2.34. The van der Waals surface area contributed by atoms with Gasteiger partial charge in [0.15, 0.2) is 0 Å². The van der Waals surface area contributed by atoms with Crippen molar-refractivity contribution in [3.63, 3.8) is 0 Å². The molecule has 1 aliphatic heterocycles. The number of nitrogens with zero attached hydrogens (tertiary/aromatic N) is 3. The zero-order valence-electron chi connectivity index (χ0n) is 10.9. The number of anilines is 1. The van der Waals surface area contributed by atoms with Crippen molar-refractivity contribution in [3.05, 3.63) is 12.4 Å². The second kappa shape index (κ2) is 4.80. The highest BCUT2D eigenvalue weighted by Crippen LogP contribution is 2.28. The molecule has 2 rings (SSSR count). The van der Waals surface area contributed by atoms with Gasteiger partial charge in [0, 0.05) is 19.3 Å². The van der Waals surface area contributed by atoms with Crippen LogP contribution in [0.4, 0.5) is 10.5 Å². The summed E-state index contributed by atoms with van der Waals surface area (Å²) < 4.78 is 0. The lowest BCUT2D eigenvalue weighted by atomic mass is 9.91. The molecule has 1 aromatic rings. The van der Waals surface area contributed by atoms with Crippen molar-refractivity contribution in [1.29, 1.82) is 0 Å². The molecular formula is C12H18N4O2. The Morgan fingerprint density at radius 2 is 2.17 bits per heavy atom. The van der Waals surface area contributed by atoms with Crippen molar-refractivity contribution in [2.75, 3.05) is 11.9 Å². The lowest BCUT2D eigenvalue weighted by Gasteiger charge is -2.41. The van der Waals surface area contributed by atoms with Gasteiger partial charge in [0.2, 0.25) is 5.91 Å². The number of H-pyrrole nitrogens is 1. The van der Waals surface area contributed by atoms with Crippen molar-refractivity contribution in [3.8, 4) is 0 Å². The average Bonchev–Trinajstić information content (AvgIpc) is 2.86. The molecule has 0 aromatic carbocycles. The van der Waals surface area contributed by atoms with Crippen molar-refractivity contribution < 1.29 is 9.59 Å².